The third kappa shape index (κ3) is 4.06. The summed E-state index contributed by atoms with van der Waals surface area (Å²) < 4.78 is 78.1. The third-order valence-electron chi connectivity index (χ3n) is 3.03. The number of thioether (sulfide) groups is 1. The van der Waals surface area contributed by atoms with Crippen molar-refractivity contribution in [3.63, 3.8) is 0 Å². The number of carbonyl (C=O) groups excluding carboxylic acids is 1. The van der Waals surface area contributed by atoms with Gasteiger partial charge in [0.2, 0.25) is 11.7 Å². The Morgan fingerprint density at radius 3 is 2.40 bits per heavy atom. The molecule has 0 radical (unpaired) electrons. The van der Waals surface area contributed by atoms with E-state index >= 15 is 0 Å². The molecule has 1 aromatic carbocycles. The lowest BCUT2D eigenvalue weighted by Crippen LogP contribution is -2.24. The fraction of sp³-hybridized carbons (Fsp3) is 0.308. The van der Waals surface area contributed by atoms with Crippen molar-refractivity contribution in [2.45, 2.75) is 23.5 Å². The Hall–Kier alpha value is -2.24. The van der Waals surface area contributed by atoms with Crippen LogP contribution in [0.15, 0.2) is 17.3 Å². The summed E-state index contributed by atoms with van der Waals surface area (Å²) >= 11 is 0.635. The van der Waals surface area contributed by atoms with Gasteiger partial charge in [-0.25, -0.2) is 13.2 Å². The van der Waals surface area contributed by atoms with Gasteiger partial charge in [-0.1, -0.05) is 11.8 Å². The van der Waals surface area contributed by atoms with Crippen LogP contribution in [0.4, 0.5) is 32.0 Å². The molecule has 1 N–H and O–H groups in total. The van der Waals surface area contributed by atoms with Gasteiger partial charge in [0, 0.05) is 7.05 Å². The molecular weight excluding hydrogens is 374 g/mol. The first-order valence-corrected chi connectivity index (χ1v) is 7.48. The summed E-state index contributed by atoms with van der Waals surface area (Å²) in [5.41, 5.74) is -0.592. The number of benzene rings is 1. The van der Waals surface area contributed by atoms with Gasteiger partial charge in [-0.05, 0) is 19.1 Å². The predicted molar refractivity (Wildman–Crippen MR) is 76.3 cm³/mol. The predicted octanol–water partition coefficient (Wildman–Crippen LogP) is 3.37. The maximum absolute atomic E-state index is 13.5. The molecular formula is C13H10F6N4OS. The molecule has 2 aromatic rings. The van der Waals surface area contributed by atoms with Crippen LogP contribution in [-0.2, 0) is 18.0 Å². The van der Waals surface area contributed by atoms with Gasteiger partial charge in [0.25, 0.3) is 0 Å². The minimum absolute atomic E-state index is 0.194. The van der Waals surface area contributed by atoms with Crippen LogP contribution in [0.3, 0.4) is 0 Å². The zero-order valence-electron chi connectivity index (χ0n) is 12.7. The summed E-state index contributed by atoms with van der Waals surface area (Å²) in [6, 6.07) is 1.46. The minimum Gasteiger partial charge on any atom is -0.323 e. The van der Waals surface area contributed by atoms with Crippen LogP contribution in [0.5, 0.6) is 0 Å². The van der Waals surface area contributed by atoms with Crippen molar-refractivity contribution in [1.82, 2.24) is 14.8 Å². The summed E-state index contributed by atoms with van der Waals surface area (Å²) in [5.74, 6) is -6.83. The Labute approximate surface area is 141 Å². The topological polar surface area (TPSA) is 59.8 Å². The number of hydrogen-bond donors (Lipinski definition) is 1. The quantitative estimate of drug-likeness (QED) is 0.499. The van der Waals surface area contributed by atoms with Crippen LogP contribution in [0.2, 0.25) is 0 Å². The highest BCUT2D eigenvalue weighted by molar-refractivity contribution is 8.00. The van der Waals surface area contributed by atoms with Gasteiger partial charge in [0.1, 0.15) is 0 Å². The molecule has 25 heavy (non-hydrogen) atoms. The van der Waals surface area contributed by atoms with E-state index in [9.17, 15) is 31.1 Å². The molecule has 2 rings (SSSR count). The van der Waals surface area contributed by atoms with Crippen molar-refractivity contribution >= 4 is 23.4 Å². The van der Waals surface area contributed by atoms with E-state index in [0.29, 0.717) is 22.4 Å². The molecule has 136 valence electrons. The number of alkyl halides is 3. The first kappa shape index (κ1) is 19.1. The number of anilines is 1. The van der Waals surface area contributed by atoms with E-state index in [2.05, 4.69) is 10.2 Å². The number of amides is 1. The number of rotatable bonds is 4. The van der Waals surface area contributed by atoms with E-state index in [-0.39, 0.29) is 5.16 Å². The first-order chi connectivity index (χ1) is 11.5. The maximum Gasteiger partial charge on any atom is 0.451 e. The van der Waals surface area contributed by atoms with Crippen LogP contribution in [0.1, 0.15) is 12.7 Å². The standard InChI is InChI=1S/C13H10F6N4OS/c1-5(25-12-22-21-11(23(12)2)13(17,18)19)10(24)20-7-4-3-6(14)8(15)9(7)16/h3-5H,1-2H3,(H,20,24). The SMILES string of the molecule is CC(Sc1nnc(C(F)(F)F)n1C)C(=O)Nc1ccc(F)c(F)c1F. The monoisotopic (exact) mass is 384 g/mol. The lowest BCUT2D eigenvalue weighted by molar-refractivity contribution is -0.147. The highest BCUT2D eigenvalue weighted by Gasteiger charge is 2.38. The van der Waals surface area contributed by atoms with Gasteiger partial charge >= 0.3 is 6.18 Å². The second kappa shape index (κ2) is 6.94. The van der Waals surface area contributed by atoms with Gasteiger partial charge in [-0.2, -0.15) is 13.2 Å². The second-order valence-corrected chi connectivity index (χ2v) is 6.14. The first-order valence-electron chi connectivity index (χ1n) is 6.60. The molecule has 1 aromatic heterocycles. The number of halogens is 6. The normalized spacial score (nSPS) is 13.0. The van der Waals surface area contributed by atoms with Gasteiger partial charge < -0.3 is 9.88 Å². The van der Waals surface area contributed by atoms with Gasteiger partial charge in [-0.3, -0.25) is 4.79 Å². The summed E-state index contributed by atoms with van der Waals surface area (Å²) in [4.78, 5) is 12.0. The molecule has 0 saturated heterocycles. The Kier molecular flexibility index (Phi) is 5.30. The van der Waals surface area contributed by atoms with Crippen molar-refractivity contribution in [2.24, 2.45) is 7.05 Å². The molecule has 1 heterocycles. The van der Waals surface area contributed by atoms with Crippen LogP contribution in [-0.4, -0.2) is 25.9 Å². The number of aromatic nitrogens is 3. The number of nitrogens with one attached hydrogen (secondary N) is 1. The Morgan fingerprint density at radius 1 is 1.20 bits per heavy atom. The van der Waals surface area contributed by atoms with Crippen LogP contribution < -0.4 is 5.32 Å². The van der Waals surface area contributed by atoms with Crippen LogP contribution >= 0.6 is 11.8 Å². The highest BCUT2D eigenvalue weighted by atomic mass is 32.2. The van der Waals surface area contributed by atoms with E-state index in [1.54, 1.807) is 0 Å². The number of nitrogens with zero attached hydrogens (tertiary/aromatic N) is 3. The molecule has 0 aliphatic heterocycles. The fourth-order valence-electron chi connectivity index (χ4n) is 1.73. The minimum atomic E-state index is -4.71. The molecule has 0 saturated carbocycles. The highest BCUT2D eigenvalue weighted by Crippen LogP contribution is 2.31. The molecule has 12 heteroatoms. The fourth-order valence-corrected chi connectivity index (χ4v) is 2.55. The lowest BCUT2D eigenvalue weighted by Gasteiger charge is -2.13. The van der Waals surface area contributed by atoms with Crippen molar-refractivity contribution in [2.75, 3.05) is 5.32 Å². The molecule has 1 atom stereocenters. The largest absolute Gasteiger partial charge is 0.451 e. The molecule has 5 nitrogen and oxygen atoms in total. The molecule has 1 unspecified atom stereocenters. The van der Waals surface area contributed by atoms with E-state index < -0.39 is 46.3 Å². The Balaban J connectivity index is 2.12. The van der Waals surface area contributed by atoms with Crippen molar-refractivity contribution < 1.29 is 31.1 Å². The van der Waals surface area contributed by atoms with Crippen LogP contribution in [0, 0.1) is 17.5 Å². The van der Waals surface area contributed by atoms with Crippen molar-refractivity contribution in [3.05, 3.63) is 35.4 Å². The van der Waals surface area contributed by atoms with Crippen molar-refractivity contribution in [3.8, 4) is 0 Å². The van der Waals surface area contributed by atoms with Crippen LogP contribution in [0.25, 0.3) is 0 Å². The summed E-state index contributed by atoms with van der Waals surface area (Å²) in [7, 11) is 1.07. The average molecular weight is 384 g/mol. The van der Waals surface area contributed by atoms with E-state index in [4.69, 9.17) is 0 Å². The molecule has 0 spiro atoms. The molecule has 0 bridgehead atoms. The Morgan fingerprint density at radius 2 is 1.84 bits per heavy atom. The third-order valence-corrected chi connectivity index (χ3v) is 4.17. The van der Waals surface area contributed by atoms with Gasteiger partial charge in [-0.15, -0.1) is 10.2 Å². The average Bonchev–Trinajstić information content (AvgIpc) is 2.88. The zero-order valence-corrected chi connectivity index (χ0v) is 13.5. The lowest BCUT2D eigenvalue weighted by atomic mass is 10.2. The van der Waals surface area contributed by atoms with Gasteiger partial charge in [0.15, 0.2) is 22.6 Å². The van der Waals surface area contributed by atoms with E-state index in [1.807, 2.05) is 5.32 Å². The molecule has 1 amide bonds. The zero-order chi connectivity index (χ0) is 18.9. The summed E-state index contributed by atoms with van der Waals surface area (Å²) in [6.45, 7) is 1.32. The number of hydrogen-bond acceptors (Lipinski definition) is 4. The summed E-state index contributed by atoms with van der Waals surface area (Å²) in [6.07, 6.45) is -4.71. The summed E-state index contributed by atoms with van der Waals surface area (Å²) in [5, 5.41) is 7.17. The Bertz CT molecular complexity index is 807. The molecule has 0 aliphatic rings. The second-order valence-electron chi connectivity index (χ2n) is 4.84. The smallest absolute Gasteiger partial charge is 0.323 e. The van der Waals surface area contributed by atoms with Crippen molar-refractivity contribution in [1.29, 1.82) is 0 Å². The molecule has 0 aliphatic carbocycles. The number of carbonyl (C=O) groups is 1. The molecule has 0 fully saturated rings. The van der Waals surface area contributed by atoms with E-state index in [1.165, 1.54) is 6.92 Å². The van der Waals surface area contributed by atoms with Gasteiger partial charge in [0.05, 0.1) is 10.9 Å². The maximum atomic E-state index is 13.5. The van der Waals surface area contributed by atoms with E-state index in [0.717, 1.165) is 13.1 Å².